The molecule has 6 N–H and O–H groups in total. The van der Waals surface area contributed by atoms with Crippen molar-refractivity contribution in [1.29, 1.82) is 0 Å². The fourth-order valence-electron chi connectivity index (χ4n) is 9.41. The number of nitrogens with zero attached hydrogens (tertiary/aromatic N) is 6. The highest BCUT2D eigenvalue weighted by Crippen LogP contribution is 2.48. The van der Waals surface area contributed by atoms with Gasteiger partial charge < -0.3 is 77.1 Å². The van der Waals surface area contributed by atoms with E-state index in [9.17, 15) is 53.1 Å². The summed E-state index contributed by atoms with van der Waals surface area (Å²) in [6, 6.07) is 14.2. The molecule has 5 heterocycles. The van der Waals surface area contributed by atoms with Gasteiger partial charge in [-0.1, -0.05) is 5.21 Å². The van der Waals surface area contributed by atoms with Gasteiger partial charge in [0.05, 0.1) is 58.1 Å². The topological polar surface area (TPSA) is 334 Å². The van der Waals surface area contributed by atoms with Crippen molar-refractivity contribution in [2.75, 3.05) is 77.8 Å². The van der Waals surface area contributed by atoms with Crippen LogP contribution in [0.2, 0.25) is 0 Å². The Morgan fingerprint density at radius 2 is 1.68 bits per heavy atom. The molecule has 26 nitrogen and oxygen atoms in total. The number of hydrogen-bond acceptors (Lipinski definition) is 21. The number of aromatic amines is 1. The van der Waals surface area contributed by atoms with Gasteiger partial charge in [0.15, 0.2) is 28.7 Å². The quantitative estimate of drug-likeness (QED) is 0.0288. The van der Waals surface area contributed by atoms with Crippen LogP contribution in [0.15, 0.2) is 66.9 Å². The fraction of sp³-hybridized carbons (Fsp3) is 0.423. The number of nitrogens with one attached hydrogen (secondary N) is 1. The number of aromatic hydroxyl groups is 1. The maximum Gasteiger partial charge on any atom is 0.501 e. The van der Waals surface area contributed by atoms with E-state index in [-0.39, 0.29) is 116 Å². The van der Waals surface area contributed by atoms with Crippen molar-refractivity contribution in [1.82, 2.24) is 29.8 Å². The summed E-state index contributed by atoms with van der Waals surface area (Å²) in [5.41, 5.74) is 1.91. The van der Waals surface area contributed by atoms with Crippen LogP contribution in [0, 0.1) is 0 Å². The van der Waals surface area contributed by atoms with Crippen molar-refractivity contribution in [3.8, 4) is 34.5 Å². The Morgan fingerprint density at radius 1 is 0.900 bits per heavy atom. The monoisotopic (exact) mass is 1150 g/mol. The molecule has 80 heavy (non-hydrogen) atoms. The smallest absolute Gasteiger partial charge is 0.501 e. The number of phenolic OH excluding ortho intramolecular Hbond substituents is 1. The number of aromatic nitrogens is 4. The van der Waals surface area contributed by atoms with Crippen molar-refractivity contribution in [3.05, 3.63) is 89.4 Å². The zero-order valence-electron chi connectivity index (χ0n) is 43.4. The number of phenols is 1. The summed E-state index contributed by atoms with van der Waals surface area (Å²) < 4.78 is 75.3. The third-order valence-electron chi connectivity index (χ3n) is 13.6. The Hall–Kier alpha value is -7.34. The average molecular weight is 1150 g/mol. The lowest BCUT2D eigenvalue weighted by Crippen LogP contribution is -2.60. The van der Waals surface area contributed by atoms with E-state index in [0.29, 0.717) is 46.3 Å². The summed E-state index contributed by atoms with van der Waals surface area (Å²) in [7, 11) is -2.36. The number of carbonyl (C=O) groups is 4. The number of benzene rings is 4. The van der Waals surface area contributed by atoms with Gasteiger partial charge in [-0.3, -0.25) is 24.1 Å². The number of likely N-dealkylation sites (tertiary alicyclic amines) is 1. The Bertz CT molecular complexity index is 3380. The van der Waals surface area contributed by atoms with E-state index < -0.39 is 76.9 Å². The van der Waals surface area contributed by atoms with E-state index in [1.54, 1.807) is 48.1 Å². The number of imide groups is 1. The minimum Gasteiger partial charge on any atom is -0.504 e. The molecule has 2 saturated heterocycles. The highest BCUT2D eigenvalue weighted by molar-refractivity contribution is 7.82. The second kappa shape index (κ2) is 24.6. The maximum absolute atomic E-state index is 14.5. The first-order valence-corrected chi connectivity index (χ1v) is 27.2. The van der Waals surface area contributed by atoms with Crippen molar-refractivity contribution in [2.45, 2.75) is 69.4 Å². The molecule has 428 valence electrons. The summed E-state index contributed by atoms with van der Waals surface area (Å²) in [4.78, 5) is 58.8. The van der Waals surface area contributed by atoms with Gasteiger partial charge >= 0.3 is 10.4 Å². The van der Waals surface area contributed by atoms with Crippen LogP contribution in [0.4, 0.5) is 5.69 Å². The minimum absolute atomic E-state index is 0.0542. The van der Waals surface area contributed by atoms with Gasteiger partial charge in [0, 0.05) is 91.4 Å². The summed E-state index contributed by atoms with van der Waals surface area (Å²) in [6.07, 6.45) is -6.34. The van der Waals surface area contributed by atoms with Crippen LogP contribution in [-0.2, 0) is 47.2 Å². The van der Waals surface area contributed by atoms with E-state index in [4.69, 9.17) is 48.4 Å². The van der Waals surface area contributed by atoms with Crippen LogP contribution >= 0.6 is 11.6 Å². The number of halogens is 1. The molecule has 4 amide bonds. The van der Waals surface area contributed by atoms with Crippen molar-refractivity contribution >= 4 is 73.0 Å². The van der Waals surface area contributed by atoms with Crippen molar-refractivity contribution in [3.63, 3.8) is 0 Å². The molecule has 0 saturated carbocycles. The highest BCUT2D eigenvalue weighted by Gasteiger charge is 2.45. The molecule has 2 aromatic heterocycles. The Balaban J connectivity index is 0.929. The maximum atomic E-state index is 14.5. The molecule has 3 aliphatic rings. The summed E-state index contributed by atoms with van der Waals surface area (Å²) in [5.74, 6) is -3.03. The Morgan fingerprint density at radius 3 is 2.41 bits per heavy atom. The number of fused-ring (bicyclic) bond motifs is 4. The molecule has 0 bridgehead atoms. The number of carbonyl (C=O) groups excluding carboxylic acids is 4. The molecule has 0 aliphatic carbocycles. The molecule has 0 radical (unpaired) electrons. The second-order valence-electron chi connectivity index (χ2n) is 18.9. The molecular weight excluding hydrogens is 1090 g/mol. The van der Waals surface area contributed by atoms with Gasteiger partial charge in [-0.25, -0.2) is 4.68 Å². The molecule has 0 spiro atoms. The van der Waals surface area contributed by atoms with Crippen LogP contribution in [0.5, 0.6) is 34.5 Å². The summed E-state index contributed by atoms with van der Waals surface area (Å²) in [6.45, 7) is 2.02. The standard InChI is InChI=1S/C52H58ClN7O19S/c1-4-75-41-19-29-17-36(54-35(29)21-38(41)62)51(69)59-24-30(23-53)46-34-20-32(72-3)6-7-33(34)40(22-37(46)59)78-80(70,71)79-42-18-28(5-8-39(42)76-52-49(67)48(66)47(65)43(26-61)77-52)50(68)57(2)12-15-73-16-13-58-25-31(55-56-58)11-14-74-27-60-44(63)9-10-45(60)64/h5-8,17-22,25,30,43,47-49,52,54,61-62,65-67H,4,9-16,23-24,26-27H2,1-3H3/t30-,43-,47+,48+,49-,52-/m1/s1. The van der Waals surface area contributed by atoms with Crippen LogP contribution in [0.25, 0.3) is 21.7 Å². The largest absolute Gasteiger partial charge is 0.504 e. The molecule has 0 unspecified atom stereocenters. The number of methoxy groups -OCH3 is 1. The Kier molecular flexibility index (Phi) is 17.6. The predicted octanol–water partition coefficient (Wildman–Crippen LogP) is 2.34. The average Bonchev–Trinajstić information content (AvgIpc) is 4.33. The van der Waals surface area contributed by atoms with E-state index >= 15 is 0 Å². The van der Waals surface area contributed by atoms with Crippen LogP contribution in [-0.4, -0.2) is 191 Å². The van der Waals surface area contributed by atoms with Gasteiger partial charge in [0.1, 0.15) is 42.6 Å². The molecule has 6 atom stereocenters. The third-order valence-corrected chi connectivity index (χ3v) is 14.7. The second-order valence-corrected chi connectivity index (χ2v) is 20.3. The molecule has 3 aliphatic heterocycles. The number of aliphatic hydroxyl groups is 4. The fourth-order valence-corrected chi connectivity index (χ4v) is 10.4. The lowest BCUT2D eigenvalue weighted by molar-refractivity contribution is -0.277. The molecule has 4 aromatic carbocycles. The van der Waals surface area contributed by atoms with E-state index in [1.807, 2.05) is 0 Å². The summed E-state index contributed by atoms with van der Waals surface area (Å²) in [5, 5.41) is 61.6. The number of likely N-dealkylation sites (N-methyl/N-ethyl adjacent to an activating group) is 1. The first-order chi connectivity index (χ1) is 38.4. The van der Waals surface area contributed by atoms with Gasteiger partial charge in [0.25, 0.3) is 11.8 Å². The number of amides is 4. The molecule has 2 fully saturated rings. The van der Waals surface area contributed by atoms with Crippen LogP contribution in [0.1, 0.15) is 57.8 Å². The van der Waals surface area contributed by atoms with Crippen molar-refractivity contribution < 1.29 is 89.9 Å². The molecule has 28 heteroatoms. The van der Waals surface area contributed by atoms with Gasteiger partial charge in [-0.05, 0) is 66.4 Å². The van der Waals surface area contributed by atoms with Crippen LogP contribution < -0.4 is 27.5 Å². The number of alkyl halides is 1. The van der Waals surface area contributed by atoms with E-state index in [2.05, 4.69) is 15.3 Å². The van der Waals surface area contributed by atoms with Crippen molar-refractivity contribution in [2.24, 2.45) is 0 Å². The number of rotatable bonds is 24. The number of H-pyrrole nitrogens is 1. The molecule has 6 aromatic rings. The number of hydrogen-bond donors (Lipinski definition) is 6. The third kappa shape index (κ3) is 12.3. The number of aliphatic hydroxyl groups excluding tert-OH is 4. The normalized spacial score (nSPS) is 20.1. The highest BCUT2D eigenvalue weighted by atomic mass is 35.5. The van der Waals surface area contributed by atoms with E-state index in [0.717, 1.165) is 17.0 Å². The van der Waals surface area contributed by atoms with Gasteiger partial charge in [-0.2, -0.15) is 0 Å². The van der Waals surface area contributed by atoms with Crippen LogP contribution in [0.3, 0.4) is 0 Å². The summed E-state index contributed by atoms with van der Waals surface area (Å²) >= 11 is 6.57. The zero-order valence-corrected chi connectivity index (χ0v) is 45.0. The lowest BCUT2D eigenvalue weighted by Gasteiger charge is -2.39. The number of ether oxygens (including phenoxy) is 6. The predicted molar refractivity (Wildman–Crippen MR) is 281 cm³/mol. The van der Waals surface area contributed by atoms with Gasteiger partial charge in [-0.15, -0.1) is 25.1 Å². The SMILES string of the molecule is CCOc1cc2cc(C(=O)N3C[C@@H](CCl)c4c3cc(OS(=O)(=O)Oc3cc(C(=O)N(C)CCOCCn5cc(CCOCN6C(=O)CCC6=O)nn5)ccc3O[C@@H]3O[C@H](CO)[C@H](O)[C@H](O)[C@H]3O)c3ccc(OC)cc43)[nH]c2cc1O. The molecule has 9 rings (SSSR count). The Labute approximate surface area is 462 Å². The van der Waals surface area contributed by atoms with Gasteiger partial charge in [0.2, 0.25) is 18.1 Å². The van der Waals surface area contributed by atoms with E-state index in [1.165, 1.54) is 42.2 Å². The molecular formula is C52H58ClN7O19S. The zero-order chi connectivity index (χ0) is 57.0. The first kappa shape index (κ1) is 57.3. The number of anilines is 1. The first-order valence-electron chi connectivity index (χ1n) is 25.3. The minimum atomic E-state index is -5.28. The lowest BCUT2D eigenvalue weighted by atomic mass is 9.95.